The maximum atomic E-state index is 12.7. The molecule has 5 nitrogen and oxygen atoms in total. The molecule has 1 aliphatic rings. The lowest BCUT2D eigenvalue weighted by molar-refractivity contribution is 0.0951. The van der Waals surface area contributed by atoms with Crippen molar-refractivity contribution in [2.24, 2.45) is 0 Å². The van der Waals surface area contributed by atoms with Gasteiger partial charge in [-0.3, -0.25) is 4.79 Å². The van der Waals surface area contributed by atoms with E-state index in [0.717, 1.165) is 22.6 Å². The third kappa shape index (κ3) is 5.03. The zero-order valence-corrected chi connectivity index (χ0v) is 17.4. The molecule has 0 aliphatic heterocycles. The predicted molar refractivity (Wildman–Crippen MR) is 120 cm³/mol. The fourth-order valence-corrected chi connectivity index (χ4v) is 3.96. The molecule has 1 aromatic heterocycles. The first kappa shape index (κ1) is 20.1. The van der Waals surface area contributed by atoms with Gasteiger partial charge in [0.05, 0.1) is 5.69 Å². The summed E-state index contributed by atoms with van der Waals surface area (Å²) in [6, 6.07) is 18.1. The van der Waals surface area contributed by atoms with Gasteiger partial charge in [0.15, 0.2) is 0 Å². The van der Waals surface area contributed by atoms with Gasteiger partial charge in [0.25, 0.3) is 5.91 Å². The molecule has 1 amide bonds. The van der Waals surface area contributed by atoms with Crippen LogP contribution in [0.5, 0.6) is 0 Å². The van der Waals surface area contributed by atoms with Gasteiger partial charge < -0.3 is 10.6 Å². The Hall–Kier alpha value is -3.21. The Morgan fingerprint density at radius 2 is 1.83 bits per heavy atom. The molecule has 154 valence electrons. The van der Waals surface area contributed by atoms with Gasteiger partial charge in [0, 0.05) is 29.8 Å². The smallest absolute Gasteiger partial charge is 0.251 e. The monoisotopic (exact) mass is 400 g/mol. The summed E-state index contributed by atoms with van der Waals surface area (Å²) in [4.78, 5) is 21.5. The molecule has 0 atom stereocenters. The minimum Gasteiger partial charge on any atom is -0.367 e. The number of anilines is 1. The van der Waals surface area contributed by atoms with Gasteiger partial charge in [-0.2, -0.15) is 0 Å². The lowest BCUT2D eigenvalue weighted by Crippen LogP contribution is -2.23. The largest absolute Gasteiger partial charge is 0.367 e. The van der Waals surface area contributed by atoms with E-state index >= 15 is 0 Å². The highest BCUT2D eigenvalue weighted by atomic mass is 16.1. The maximum absolute atomic E-state index is 12.7. The average Bonchev–Trinajstić information content (AvgIpc) is 2.79. The summed E-state index contributed by atoms with van der Waals surface area (Å²) in [5.74, 6) is 0.760. The van der Waals surface area contributed by atoms with E-state index in [4.69, 9.17) is 0 Å². The first-order valence-corrected chi connectivity index (χ1v) is 10.7. The number of hydrogen-bond acceptors (Lipinski definition) is 4. The van der Waals surface area contributed by atoms with Crippen molar-refractivity contribution in [3.63, 3.8) is 0 Å². The summed E-state index contributed by atoms with van der Waals surface area (Å²) in [6.45, 7) is 2.56. The number of benzene rings is 2. The minimum atomic E-state index is -0.0882. The van der Waals surface area contributed by atoms with Crippen LogP contribution in [0.1, 0.15) is 53.6 Å². The Morgan fingerprint density at radius 1 is 1.00 bits per heavy atom. The molecule has 0 radical (unpaired) electrons. The normalized spacial score (nSPS) is 14.3. The zero-order chi connectivity index (χ0) is 20.8. The van der Waals surface area contributed by atoms with Crippen molar-refractivity contribution in [3.8, 4) is 11.3 Å². The van der Waals surface area contributed by atoms with E-state index in [-0.39, 0.29) is 5.91 Å². The molecular weight excluding hydrogens is 372 g/mol. The van der Waals surface area contributed by atoms with Gasteiger partial charge in [0.1, 0.15) is 12.1 Å². The molecule has 3 aromatic rings. The van der Waals surface area contributed by atoms with Gasteiger partial charge in [-0.1, -0.05) is 55.7 Å². The van der Waals surface area contributed by atoms with Crippen molar-refractivity contribution in [1.82, 2.24) is 15.3 Å². The zero-order valence-electron chi connectivity index (χ0n) is 17.4. The molecular formula is C25H28N4O. The molecule has 0 spiro atoms. The minimum absolute atomic E-state index is 0.0882. The third-order valence-electron chi connectivity index (χ3n) is 5.75. The molecule has 4 rings (SSSR count). The second-order valence-corrected chi connectivity index (χ2v) is 7.96. The molecule has 2 N–H and O–H groups in total. The van der Waals surface area contributed by atoms with Crippen molar-refractivity contribution >= 4 is 11.7 Å². The lowest BCUT2D eigenvalue weighted by Gasteiger charge is -2.23. The molecule has 0 unspecified atom stereocenters. The van der Waals surface area contributed by atoms with E-state index in [2.05, 4.69) is 33.6 Å². The quantitative estimate of drug-likeness (QED) is 0.602. The second-order valence-electron chi connectivity index (χ2n) is 7.96. The van der Waals surface area contributed by atoms with E-state index < -0.39 is 0 Å². The standard InChI is InChI=1S/C25H28N4O/c1-18-8-5-6-9-21(18)16-26-25(30)20-11-7-10-19(14-20)23-15-24(28-17-27-23)29-22-12-3-2-4-13-22/h5-11,14-15,17,22H,2-4,12-13,16H2,1H3,(H,26,30)(H,27,28,29). The number of amides is 1. The van der Waals surface area contributed by atoms with Crippen LogP contribution in [0.15, 0.2) is 60.9 Å². The van der Waals surface area contributed by atoms with E-state index in [0.29, 0.717) is 18.2 Å². The van der Waals surface area contributed by atoms with Crippen molar-refractivity contribution < 1.29 is 4.79 Å². The average molecular weight is 401 g/mol. The maximum Gasteiger partial charge on any atom is 0.251 e. The highest BCUT2D eigenvalue weighted by Gasteiger charge is 2.14. The summed E-state index contributed by atoms with van der Waals surface area (Å²) in [7, 11) is 0. The Bertz CT molecular complexity index is 1010. The Balaban J connectivity index is 1.45. The highest BCUT2D eigenvalue weighted by Crippen LogP contribution is 2.24. The van der Waals surface area contributed by atoms with E-state index in [1.165, 1.54) is 37.7 Å². The molecule has 1 saturated carbocycles. The van der Waals surface area contributed by atoms with Gasteiger partial charge in [0.2, 0.25) is 0 Å². The lowest BCUT2D eigenvalue weighted by atomic mass is 9.95. The number of carbonyl (C=O) groups is 1. The first-order chi connectivity index (χ1) is 14.7. The van der Waals surface area contributed by atoms with E-state index in [1.807, 2.05) is 48.5 Å². The SMILES string of the molecule is Cc1ccccc1CNC(=O)c1cccc(-c2cc(NC3CCCCC3)ncn2)c1. The van der Waals surface area contributed by atoms with Crippen molar-refractivity contribution in [3.05, 3.63) is 77.6 Å². The van der Waals surface area contributed by atoms with Crippen LogP contribution in [-0.2, 0) is 6.54 Å². The Kier molecular flexibility index (Phi) is 6.38. The van der Waals surface area contributed by atoms with Crippen LogP contribution < -0.4 is 10.6 Å². The van der Waals surface area contributed by atoms with Crippen LogP contribution in [0.4, 0.5) is 5.82 Å². The summed E-state index contributed by atoms with van der Waals surface area (Å²) in [5.41, 5.74) is 4.65. The second kappa shape index (κ2) is 9.53. The van der Waals surface area contributed by atoms with Crippen molar-refractivity contribution in [2.75, 3.05) is 5.32 Å². The summed E-state index contributed by atoms with van der Waals surface area (Å²) < 4.78 is 0. The van der Waals surface area contributed by atoms with Gasteiger partial charge in [-0.05, 0) is 43.0 Å². The third-order valence-corrected chi connectivity index (χ3v) is 5.75. The van der Waals surface area contributed by atoms with Crippen LogP contribution in [0.3, 0.4) is 0 Å². The molecule has 0 bridgehead atoms. The fraction of sp³-hybridized carbons (Fsp3) is 0.320. The number of aryl methyl sites for hydroxylation is 1. The molecule has 1 heterocycles. The van der Waals surface area contributed by atoms with Crippen LogP contribution >= 0.6 is 0 Å². The van der Waals surface area contributed by atoms with E-state index in [9.17, 15) is 4.79 Å². The molecule has 2 aromatic carbocycles. The van der Waals surface area contributed by atoms with Crippen LogP contribution in [-0.4, -0.2) is 21.9 Å². The van der Waals surface area contributed by atoms with Crippen LogP contribution in [0.2, 0.25) is 0 Å². The Morgan fingerprint density at radius 3 is 2.67 bits per heavy atom. The summed E-state index contributed by atoms with van der Waals surface area (Å²) in [6.07, 6.45) is 7.84. The van der Waals surface area contributed by atoms with Crippen LogP contribution in [0.25, 0.3) is 11.3 Å². The van der Waals surface area contributed by atoms with Gasteiger partial charge in [-0.25, -0.2) is 9.97 Å². The number of nitrogens with one attached hydrogen (secondary N) is 2. The van der Waals surface area contributed by atoms with Crippen LogP contribution in [0, 0.1) is 6.92 Å². The number of nitrogens with zero attached hydrogens (tertiary/aromatic N) is 2. The highest BCUT2D eigenvalue weighted by molar-refractivity contribution is 5.95. The van der Waals surface area contributed by atoms with Crippen molar-refractivity contribution in [1.29, 1.82) is 0 Å². The molecule has 1 fully saturated rings. The predicted octanol–water partition coefficient (Wildman–Crippen LogP) is 5.13. The molecule has 0 saturated heterocycles. The summed E-state index contributed by atoms with van der Waals surface area (Å²) >= 11 is 0. The number of hydrogen-bond donors (Lipinski definition) is 2. The molecule has 1 aliphatic carbocycles. The topological polar surface area (TPSA) is 66.9 Å². The molecule has 5 heteroatoms. The first-order valence-electron chi connectivity index (χ1n) is 10.7. The van der Waals surface area contributed by atoms with E-state index in [1.54, 1.807) is 6.33 Å². The number of aromatic nitrogens is 2. The Labute approximate surface area is 178 Å². The summed E-state index contributed by atoms with van der Waals surface area (Å²) in [5, 5.41) is 6.56. The fourth-order valence-electron chi connectivity index (χ4n) is 3.96. The van der Waals surface area contributed by atoms with Crippen molar-refractivity contribution in [2.45, 2.75) is 51.6 Å². The number of carbonyl (C=O) groups excluding carboxylic acids is 1. The number of rotatable bonds is 6. The molecule has 30 heavy (non-hydrogen) atoms. The van der Waals surface area contributed by atoms with Gasteiger partial charge >= 0.3 is 0 Å². The van der Waals surface area contributed by atoms with Gasteiger partial charge in [-0.15, -0.1) is 0 Å².